The van der Waals surface area contributed by atoms with E-state index < -0.39 is 11.7 Å². The first-order valence-electron chi connectivity index (χ1n) is 14.8. The molecule has 0 bridgehead atoms. The maximum absolute atomic E-state index is 13.8. The predicted molar refractivity (Wildman–Crippen MR) is 157 cm³/mol. The van der Waals surface area contributed by atoms with Crippen LogP contribution in [0.1, 0.15) is 27.9 Å². The topological polar surface area (TPSA) is 123 Å². The largest absolute Gasteiger partial charge is 0.486 e. The van der Waals surface area contributed by atoms with Crippen molar-refractivity contribution >= 4 is 16.9 Å². The molecule has 0 unspecified atom stereocenters. The zero-order valence-corrected chi connectivity index (χ0v) is 24.4. The molecule has 12 nitrogen and oxygen atoms in total. The lowest BCUT2D eigenvalue weighted by Crippen LogP contribution is -2.45. The summed E-state index contributed by atoms with van der Waals surface area (Å²) in [6.45, 7) is 8.52. The van der Waals surface area contributed by atoms with E-state index in [1.807, 2.05) is 6.07 Å². The molecule has 3 aromatic heterocycles. The number of carbonyl (C=O) groups is 1. The molecule has 13 heteroatoms. The average Bonchev–Trinajstić information content (AvgIpc) is 3.63. The number of amides is 1. The molecule has 6 rings (SSSR count). The summed E-state index contributed by atoms with van der Waals surface area (Å²) in [6, 6.07) is 6.84. The maximum Gasteiger partial charge on any atom is 0.273 e. The average molecular weight is 593 g/mol. The fraction of sp³-hybridized carbons (Fsp3) is 0.467. The van der Waals surface area contributed by atoms with Crippen LogP contribution in [0.3, 0.4) is 0 Å². The normalized spacial score (nSPS) is 15.7. The second-order valence-electron chi connectivity index (χ2n) is 10.8. The number of hydrogen-bond acceptors (Lipinski definition) is 10. The number of aromatic nitrogens is 4. The summed E-state index contributed by atoms with van der Waals surface area (Å²) < 4.78 is 33.2. The van der Waals surface area contributed by atoms with E-state index in [-0.39, 0.29) is 17.9 Å². The number of imidazole rings is 1. The van der Waals surface area contributed by atoms with Gasteiger partial charge < -0.3 is 34.0 Å². The minimum Gasteiger partial charge on any atom is -0.486 e. The van der Waals surface area contributed by atoms with Crippen LogP contribution in [0.25, 0.3) is 11.0 Å². The first-order valence-corrected chi connectivity index (χ1v) is 14.8. The number of benzene rings is 1. The molecule has 1 amide bonds. The van der Waals surface area contributed by atoms with Crippen molar-refractivity contribution in [1.29, 1.82) is 0 Å². The lowest BCUT2D eigenvalue weighted by Gasteiger charge is -2.32. The van der Waals surface area contributed by atoms with Gasteiger partial charge in [-0.25, -0.2) is 14.4 Å². The van der Waals surface area contributed by atoms with Crippen LogP contribution < -0.4 is 20.1 Å². The number of likely N-dealkylation sites (N-methyl/N-ethyl adjacent to an activating group) is 1. The Kier molecular flexibility index (Phi) is 9.10. The standard InChI is InChI=1S/C30H37FN8O4/c1-37-9-11-38(12-10-37)13-14-39-25-18-27-26(41-15-16-42-27)17-22(25)35-28(39)4-7-32-8-5-29-36-24(20-43-29)30(40)34-19-23-21(31)3-2-6-33-23/h2-3,6,17-18,20,32H,4-5,7-16,19H2,1H3,(H,34,40). The van der Waals surface area contributed by atoms with Crippen molar-refractivity contribution in [2.75, 3.05) is 66.1 Å². The van der Waals surface area contributed by atoms with Crippen molar-refractivity contribution in [3.8, 4) is 11.5 Å². The summed E-state index contributed by atoms with van der Waals surface area (Å²) in [5.41, 5.74) is 2.28. The molecule has 1 fully saturated rings. The Balaban J connectivity index is 1.02. The van der Waals surface area contributed by atoms with Crippen LogP contribution in [0.2, 0.25) is 0 Å². The highest BCUT2D eigenvalue weighted by Gasteiger charge is 2.20. The molecule has 228 valence electrons. The minimum absolute atomic E-state index is 0.0297. The van der Waals surface area contributed by atoms with Crippen LogP contribution in [0.4, 0.5) is 4.39 Å². The lowest BCUT2D eigenvalue weighted by atomic mass is 10.2. The Morgan fingerprint density at radius 2 is 1.81 bits per heavy atom. The van der Waals surface area contributed by atoms with Gasteiger partial charge in [0.25, 0.3) is 5.91 Å². The molecule has 1 saturated heterocycles. The van der Waals surface area contributed by atoms with Gasteiger partial charge in [-0.15, -0.1) is 0 Å². The molecule has 4 aromatic rings. The summed E-state index contributed by atoms with van der Waals surface area (Å²) in [6.07, 6.45) is 4.05. The van der Waals surface area contributed by atoms with Crippen molar-refractivity contribution in [1.82, 2.24) is 40.0 Å². The monoisotopic (exact) mass is 592 g/mol. The summed E-state index contributed by atoms with van der Waals surface area (Å²) >= 11 is 0. The number of oxazole rings is 1. The van der Waals surface area contributed by atoms with E-state index in [4.69, 9.17) is 18.9 Å². The number of fused-ring (bicyclic) bond motifs is 2. The lowest BCUT2D eigenvalue weighted by molar-refractivity contribution is 0.0945. The Labute approximate surface area is 249 Å². The number of nitrogens with zero attached hydrogens (tertiary/aromatic N) is 6. The van der Waals surface area contributed by atoms with Crippen molar-refractivity contribution < 1.29 is 23.1 Å². The molecule has 5 heterocycles. The number of hydrogen-bond donors (Lipinski definition) is 2. The van der Waals surface area contributed by atoms with Gasteiger partial charge in [0.15, 0.2) is 23.1 Å². The van der Waals surface area contributed by atoms with Gasteiger partial charge in [0.2, 0.25) is 0 Å². The molecule has 0 spiro atoms. The van der Waals surface area contributed by atoms with Gasteiger partial charge in [-0.1, -0.05) is 0 Å². The Bertz CT molecular complexity index is 1550. The smallest absolute Gasteiger partial charge is 0.273 e. The van der Waals surface area contributed by atoms with Gasteiger partial charge in [0.1, 0.15) is 31.1 Å². The number of pyridine rings is 1. The number of piperazine rings is 1. The Morgan fingerprint density at radius 3 is 2.63 bits per heavy atom. The van der Waals surface area contributed by atoms with Crippen LogP contribution in [0, 0.1) is 5.82 Å². The number of ether oxygens (including phenoxy) is 2. The van der Waals surface area contributed by atoms with E-state index in [9.17, 15) is 9.18 Å². The van der Waals surface area contributed by atoms with Gasteiger partial charge in [0.05, 0.1) is 23.3 Å². The third kappa shape index (κ3) is 7.12. The van der Waals surface area contributed by atoms with Gasteiger partial charge in [-0.3, -0.25) is 14.7 Å². The summed E-state index contributed by atoms with van der Waals surface area (Å²) in [4.78, 5) is 30.5. The minimum atomic E-state index is -0.470. The number of nitrogens with one attached hydrogen (secondary N) is 2. The maximum atomic E-state index is 13.8. The molecular weight excluding hydrogens is 555 g/mol. The molecule has 0 aliphatic carbocycles. The first kappa shape index (κ1) is 29.0. The first-order chi connectivity index (χ1) is 21.0. The number of carbonyl (C=O) groups excluding carboxylic acids is 1. The Morgan fingerprint density at radius 1 is 1.02 bits per heavy atom. The zero-order chi connectivity index (χ0) is 29.6. The summed E-state index contributed by atoms with van der Waals surface area (Å²) in [7, 11) is 2.17. The quantitative estimate of drug-likeness (QED) is 0.236. The molecule has 0 saturated carbocycles. The predicted octanol–water partition coefficient (Wildman–Crippen LogP) is 1.88. The van der Waals surface area contributed by atoms with Crippen LogP contribution >= 0.6 is 0 Å². The van der Waals surface area contributed by atoms with Crippen LogP contribution in [-0.2, 0) is 25.9 Å². The van der Waals surface area contributed by atoms with Crippen LogP contribution in [0.15, 0.2) is 41.1 Å². The molecule has 2 aliphatic rings. The second-order valence-corrected chi connectivity index (χ2v) is 10.8. The van der Waals surface area contributed by atoms with Crippen molar-refractivity contribution in [3.05, 3.63) is 65.6 Å². The molecule has 0 atom stereocenters. The third-order valence-corrected chi connectivity index (χ3v) is 7.80. The van der Waals surface area contributed by atoms with E-state index in [2.05, 4.69) is 48.1 Å². The molecule has 1 aromatic carbocycles. The molecule has 43 heavy (non-hydrogen) atoms. The SMILES string of the molecule is CN1CCN(CCn2c(CCNCCc3nc(C(=O)NCc4ncccc4F)co3)nc3cc4c(cc32)OCCO4)CC1. The molecule has 0 radical (unpaired) electrons. The van der Waals surface area contributed by atoms with Crippen molar-refractivity contribution in [2.45, 2.75) is 25.9 Å². The number of rotatable bonds is 12. The molecule has 2 N–H and O–H groups in total. The van der Waals surface area contributed by atoms with Gasteiger partial charge in [-0.05, 0) is 19.2 Å². The highest BCUT2D eigenvalue weighted by molar-refractivity contribution is 5.91. The fourth-order valence-electron chi connectivity index (χ4n) is 5.32. The fourth-order valence-corrected chi connectivity index (χ4v) is 5.32. The van der Waals surface area contributed by atoms with Crippen LogP contribution in [0.5, 0.6) is 11.5 Å². The zero-order valence-electron chi connectivity index (χ0n) is 24.4. The van der Waals surface area contributed by atoms with E-state index >= 15 is 0 Å². The van der Waals surface area contributed by atoms with Gasteiger partial charge >= 0.3 is 0 Å². The van der Waals surface area contributed by atoms with E-state index in [1.165, 1.54) is 24.6 Å². The van der Waals surface area contributed by atoms with E-state index in [1.54, 1.807) is 0 Å². The van der Waals surface area contributed by atoms with Gasteiger partial charge in [0, 0.05) is 83.5 Å². The molecular formula is C30H37FN8O4. The van der Waals surface area contributed by atoms with Crippen molar-refractivity contribution in [2.24, 2.45) is 0 Å². The highest BCUT2D eigenvalue weighted by Crippen LogP contribution is 2.35. The van der Waals surface area contributed by atoms with E-state index in [0.717, 1.165) is 74.0 Å². The summed E-state index contributed by atoms with van der Waals surface area (Å²) in [5.74, 6) is 2.07. The van der Waals surface area contributed by atoms with E-state index in [0.29, 0.717) is 38.6 Å². The highest BCUT2D eigenvalue weighted by atomic mass is 19.1. The molecule has 2 aliphatic heterocycles. The second kappa shape index (κ2) is 13.5. The van der Waals surface area contributed by atoms with Crippen molar-refractivity contribution in [3.63, 3.8) is 0 Å². The van der Waals surface area contributed by atoms with Gasteiger partial charge in [-0.2, -0.15) is 0 Å². The Hall–Kier alpha value is -4.07. The van der Waals surface area contributed by atoms with Crippen LogP contribution in [-0.4, -0.2) is 101 Å². The third-order valence-electron chi connectivity index (χ3n) is 7.80. The summed E-state index contributed by atoms with van der Waals surface area (Å²) in [5, 5.41) is 6.06. The number of halogens is 1.